The molecular weight excluding hydrogens is 1560 g/mol. The van der Waals surface area contributed by atoms with Gasteiger partial charge in [0.2, 0.25) is 0 Å². The zero-order valence-electron chi connectivity index (χ0n) is 72.1. The molecule has 0 spiro atoms. The Morgan fingerprint density at radius 1 is 0.280 bits per heavy atom. The van der Waals surface area contributed by atoms with Crippen molar-refractivity contribution in [3.8, 4) is 22.3 Å². The molecule has 6 aromatic carbocycles. The van der Waals surface area contributed by atoms with Gasteiger partial charge in [0.25, 0.3) is 0 Å². The Labute approximate surface area is 725 Å². The van der Waals surface area contributed by atoms with Gasteiger partial charge in [-0.1, -0.05) is 133 Å². The first-order valence-corrected chi connectivity index (χ1v) is 42.4. The minimum atomic E-state index is -0.805. The van der Waals surface area contributed by atoms with Crippen molar-refractivity contribution in [2.24, 2.45) is 0 Å². The third-order valence-corrected chi connectivity index (χ3v) is 21.8. The molecule has 0 saturated carbocycles. The zero-order chi connectivity index (χ0) is 87.1. The molecule has 125 heavy (non-hydrogen) atoms. The van der Waals surface area contributed by atoms with Crippen LogP contribution in [0, 0.1) is 0 Å². The van der Waals surface area contributed by atoms with E-state index in [1.807, 2.05) is 302 Å². The molecule has 11 heterocycles. The standard InChI is InChI=1S/C104H101N13O8/c1-101(2,3)122-97(118)114-87(53-61-25-17-13-18-26-61)93-79-41-35-67(105-79)59-68-36-42-80(106-68)94(88(54-62-27-19-14-20-28-62)115-98(119)123-102(4,5)6)84-50-46-76(111-84)91(75-45-49-83(93)110-75)65-33-39-73-71(57-65)72-58-66(34-40-74(72)109-73)92-77-47-51-85(112-77)95(89(55-63-29-21-15-22-30-63)116-99(120)124-103(7,8)9)81-43-37-69(107-81)60-70-38-44-82(108-70)96(86-52-48-78(92)113-86)90(56-64-31-23-16-24-32-64)117-100(121)125-104(10,11)12/h13-52,57-60,87-90,105,107,109,111,113H,53-56H2,1-12H3,(H,114,118)(H,115,119)(H,116,120)(H,117,121)/t87-,88-,89-,90-/m1/s1. The van der Waals surface area contributed by atoms with Crippen molar-refractivity contribution in [1.82, 2.24) is 66.1 Å². The molecule has 13 aromatic rings. The van der Waals surface area contributed by atoms with Gasteiger partial charge in [0.1, 0.15) is 22.4 Å². The van der Waals surface area contributed by atoms with Crippen molar-refractivity contribution in [3.63, 3.8) is 0 Å². The number of alkyl carbamates (subject to hydrolysis) is 4. The number of nitrogens with one attached hydrogen (secondary N) is 9. The van der Waals surface area contributed by atoms with E-state index >= 15 is 0 Å². The molecule has 0 unspecified atom stereocenters. The smallest absolute Gasteiger partial charge is 0.408 e. The van der Waals surface area contributed by atoms with Gasteiger partial charge < -0.3 is 65.1 Å². The van der Waals surface area contributed by atoms with Crippen molar-refractivity contribution in [2.75, 3.05) is 0 Å². The summed E-state index contributed by atoms with van der Waals surface area (Å²) in [5.74, 6) is 0. The molecule has 4 aliphatic rings. The Hall–Kier alpha value is -14.6. The second-order valence-electron chi connectivity index (χ2n) is 36.1. The number of H-pyrrole nitrogens is 5. The first kappa shape index (κ1) is 82.7. The maximum absolute atomic E-state index is 14.3. The minimum absolute atomic E-state index is 0.386. The maximum Gasteiger partial charge on any atom is 0.408 e. The van der Waals surface area contributed by atoms with E-state index in [1.165, 1.54) is 0 Å². The van der Waals surface area contributed by atoms with Crippen LogP contribution in [0.5, 0.6) is 0 Å². The third-order valence-electron chi connectivity index (χ3n) is 21.8. The molecule has 0 fully saturated rings. The fraction of sp³-hybridized carbons (Fsp3) is 0.231. The Morgan fingerprint density at radius 2 is 0.536 bits per heavy atom. The van der Waals surface area contributed by atoms with Crippen LogP contribution in [-0.2, 0) is 44.6 Å². The highest BCUT2D eigenvalue weighted by atomic mass is 16.6. The predicted molar refractivity (Wildman–Crippen MR) is 501 cm³/mol. The van der Waals surface area contributed by atoms with E-state index in [0.717, 1.165) is 99.6 Å². The number of fused-ring (bicyclic) bond motifs is 19. The van der Waals surface area contributed by atoms with Gasteiger partial charge in [-0.3, -0.25) is 0 Å². The van der Waals surface area contributed by atoms with E-state index in [0.29, 0.717) is 104 Å². The Bertz CT molecular complexity index is 6290. The number of carbonyl (C=O) groups excluding carboxylic acids is 4. The topological polar surface area (TPSA) is 284 Å². The predicted octanol–water partition coefficient (Wildman–Crippen LogP) is 23.8. The lowest BCUT2D eigenvalue weighted by Crippen LogP contribution is -2.36. The molecule has 4 amide bonds. The summed E-state index contributed by atoms with van der Waals surface area (Å²) < 4.78 is 24.2. The number of hydrogen-bond acceptors (Lipinski definition) is 12. The summed E-state index contributed by atoms with van der Waals surface area (Å²) in [5, 5.41) is 15.0. The molecule has 4 atom stereocenters. The third kappa shape index (κ3) is 19.3. The van der Waals surface area contributed by atoms with Crippen LogP contribution >= 0.6 is 0 Å². The Kier molecular flexibility index (Phi) is 22.5. The summed E-state index contributed by atoms with van der Waals surface area (Å²) >= 11 is 0. The highest BCUT2D eigenvalue weighted by Gasteiger charge is 2.32. The highest BCUT2D eigenvalue weighted by molar-refractivity contribution is 6.11. The first-order valence-electron chi connectivity index (χ1n) is 42.4. The average Bonchev–Trinajstić information content (AvgIpc) is 1.60. The van der Waals surface area contributed by atoms with E-state index in [-0.39, 0.29) is 0 Å². The molecule has 4 aliphatic heterocycles. The van der Waals surface area contributed by atoms with Crippen LogP contribution in [0.4, 0.5) is 19.2 Å². The summed E-state index contributed by atoms with van der Waals surface area (Å²) in [6.07, 6.45) is 15.2. The van der Waals surface area contributed by atoms with Gasteiger partial charge in [-0.15, -0.1) is 0 Å². The largest absolute Gasteiger partial charge is 0.444 e. The lowest BCUT2D eigenvalue weighted by atomic mass is 9.97. The summed E-state index contributed by atoms with van der Waals surface area (Å²) in [6, 6.07) is 70.5. The van der Waals surface area contributed by atoms with Crippen LogP contribution in [0.25, 0.3) is 137 Å². The Morgan fingerprint density at radius 3 is 0.848 bits per heavy atom. The molecule has 0 radical (unpaired) electrons. The van der Waals surface area contributed by atoms with Crippen molar-refractivity contribution in [1.29, 1.82) is 0 Å². The lowest BCUT2D eigenvalue weighted by Gasteiger charge is -2.24. The number of hydrogen-bond donors (Lipinski definition) is 9. The fourth-order valence-corrected chi connectivity index (χ4v) is 16.7. The van der Waals surface area contributed by atoms with Gasteiger partial charge in [0.05, 0.1) is 69.7 Å². The van der Waals surface area contributed by atoms with Crippen LogP contribution in [0.3, 0.4) is 0 Å². The Balaban J connectivity index is 0.920. The molecule has 16 bridgehead atoms. The van der Waals surface area contributed by atoms with E-state index in [1.54, 1.807) is 0 Å². The van der Waals surface area contributed by atoms with E-state index in [2.05, 4.69) is 94.7 Å². The number of nitrogens with zero attached hydrogens (tertiary/aromatic N) is 4. The molecule has 630 valence electrons. The van der Waals surface area contributed by atoms with Crippen molar-refractivity contribution in [2.45, 2.75) is 155 Å². The number of carbonyl (C=O) groups is 4. The molecule has 9 N–H and O–H groups in total. The molecule has 7 aromatic heterocycles. The molecule has 21 heteroatoms. The van der Waals surface area contributed by atoms with Crippen LogP contribution in [0.1, 0.15) is 197 Å². The summed E-state index contributed by atoms with van der Waals surface area (Å²) in [6.45, 7) is 22.2. The van der Waals surface area contributed by atoms with Crippen LogP contribution in [-0.4, -0.2) is 91.6 Å². The van der Waals surface area contributed by atoms with Gasteiger partial charge in [-0.2, -0.15) is 0 Å². The summed E-state index contributed by atoms with van der Waals surface area (Å²) in [7, 11) is 0. The van der Waals surface area contributed by atoms with E-state index in [9.17, 15) is 19.2 Å². The molecule has 21 nitrogen and oxygen atoms in total. The average molecular weight is 1660 g/mol. The minimum Gasteiger partial charge on any atom is -0.444 e. The van der Waals surface area contributed by atoms with Gasteiger partial charge in [0.15, 0.2) is 0 Å². The monoisotopic (exact) mass is 1660 g/mol. The first-order chi connectivity index (χ1) is 59.9. The van der Waals surface area contributed by atoms with Crippen molar-refractivity contribution < 1.29 is 38.1 Å². The van der Waals surface area contributed by atoms with Gasteiger partial charge >= 0.3 is 24.4 Å². The van der Waals surface area contributed by atoms with Crippen LogP contribution < -0.4 is 21.3 Å². The fourth-order valence-electron chi connectivity index (χ4n) is 16.7. The van der Waals surface area contributed by atoms with Crippen molar-refractivity contribution >= 4 is 139 Å². The lowest BCUT2D eigenvalue weighted by molar-refractivity contribution is 0.0491. The number of amides is 4. The molecule has 0 aliphatic carbocycles. The number of aromatic nitrogens is 9. The second-order valence-corrected chi connectivity index (χ2v) is 36.1. The zero-order valence-corrected chi connectivity index (χ0v) is 72.1. The van der Waals surface area contributed by atoms with E-state index < -0.39 is 70.9 Å². The molecular formula is C104H101N13O8. The van der Waals surface area contributed by atoms with Gasteiger partial charge in [-0.05, 0) is 276 Å². The number of aromatic amines is 5. The SMILES string of the molecule is CC(C)(C)OC(=O)N[C@H](Cc1ccccc1)c1c2nc(c(-c3ccc4[nH]c5ccc(-c6c7nc(c([C@@H](Cc8ccccc8)NC(=O)OC(C)(C)C)c8ccc(cc9nc(c([C@@H](Cc%10ccccc%10)NC(=O)OC(C)(C)C)c%10ccc6[nH]%10)C=C9)[nH]8)C=C7)cc5c4c3)c3ccc([nH]3)c([C@@H](Cc3ccccc3)NC(=O)OC(C)(C)C)c3nc(cc4ccc1[nH]4)C=C3)C=C2. The maximum atomic E-state index is 14.3. The van der Waals surface area contributed by atoms with Gasteiger partial charge in [-0.25, -0.2) is 39.1 Å². The van der Waals surface area contributed by atoms with Crippen molar-refractivity contribution in [3.05, 3.63) is 308 Å². The normalized spacial score (nSPS) is 13.6. The van der Waals surface area contributed by atoms with Crippen LogP contribution in [0.15, 0.2) is 218 Å². The highest BCUT2D eigenvalue weighted by Crippen LogP contribution is 2.42. The summed E-state index contributed by atoms with van der Waals surface area (Å²) in [4.78, 5) is 98.6. The number of ether oxygens (including phenoxy) is 4. The molecule has 0 saturated heterocycles. The van der Waals surface area contributed by atoms with Gasteiger partial charge in [0, 0.05) is 99.3 Å². The number of benzene rings is 6. The molecule has 17 rings (SSSR count). The summed E-state index contributed by atoms with van der Waals surface area (Å²) in [5.41, 5.74) is 19.1. The second kappa shape index (κ2) is 34.0. The number of rotatable bonds is 18. The van der Waals surface area contributed by atoms with Crippen LogP contribution in [0.2, 0.25) is 0 Å². The quantitative estimate of drug-likeness (QED) is 0.0363. The van der Waals surface area contributed by atoms with E-state index in [4.69, 9.17) is 38.9 Å².